The van der Waals surface area contributed by atoms with E-state index in [1.165, 1.54) is 0 Å². The number of benzene rings is 2. The molecule has 4 heteroatoms. The Hall–Kier alpha value is -2.62. The van der Waals surface area contributed by atoms with Gasteiger partial charge in [0.2, 0.25) is 11.8 Å². The maximum Gasteiger partial charge on any atom is 0.229 e. The highest BCUT2D eigenvalue weighted by atomic mass is 16.2. The lowest BCUT2D eigenvalue weighted by Crippen LogP contribution is -2.48. The molecular formula is C22H26N2O2. The van der Waals surface area contributed by atoms with Gasteiger partial charge in [-0.25, -0.2) is 0 Å². The highest BCUT2D eigenvalue weighted by molar-refractivity contribution is 5.98. The fourth-order valence-electron chi connectivity index (χ4n) is 3.81. The van der Waals surface area contributed by atoms with Gasteiger partial charge < -0.3 is 9.80 Å². The third-order valence-electron chi connectivity index (χ3n) is 4.98. The Balaban J connectivity index is 2.10. The molecule has 0 aromatic heterocycles. The minimum Gasteiger partial charge on any atom is -0.309 e. The molecule has 136 valence electrons. The summed E-state index contributed by atoms with van der Waals surface area (Å²) in [6.07, 6.45) is 0.712. The summed E-state index contributed by atoms with van der Waals surface area (Å²) in [5, 5.41) is 0. The number of hydrogen-bond acceptors (Lipinski definition) is 2. The Morgan fingerprint density at radius 1 is 1.04 bits per heavy atom. The van der Waals surface area contributed by atoms with Crippen LogP contribution in [0.4, 0.5) is 11.4 Å². The zero-order valence-corrected chi connectivity index (χ0v) is 15.8. The molecule has 0 aliphatic carbocycles. The minimum absolute atomic E-state index is 0.00633. The molecule has 26 heavy (non-hydrogen) atoms. The maximum absolute atomic E-state index is 12.8. The van der Waals surface area contributed by atoms with Crippen LogP contribution in [0.15, 0.2) is 54.6 Å². The Labute approximate surface area is 155 Å². The Kier molecular flexibility index (Phi) is 5.12. The van der Waals surface area contributed by atoms with E-state index in [1.807, 2.05) is 78.2 Å². The quantitative estimate of drug-likeness (QED) is 0.814. The monoisotopic (exact) mass is 350 g/mol. The van der Waals surface area contributed by atoms with Gasteiger partial charge in [-0.05, 0) is 37.1 Å². The second kappa shape index (κ2) is 7.32. The SMILES string of the molecule is CC(=O)N(c1ccccc1)[C@H]1C[C@H](C)N(C(=O)C(C)C)c2ccccc21. The Bertz CT molecular complexity index is 801. The first kappa shape index (κ1) is 18.2. The number of carbonyl (C=O) groups excluding carboxylic acids is 2. The lowest BCUT2D eigenvalue weighted by Gasteiger charge is -2.43. The Morgan fingerprint density at radius 3 is 2.27 bits per heavy atom. The van der Waals surface area contributed by atoms with Crippen LogP contribution < -0.4 is 9.80 Å². The van der Waals surface area contributed by atoms with Gasteiger partial charge in [0.25, 0.3) is 0 Å². The van der Waals surface area contributed by atoms with Crippen molar-refractivity contribution in [2.75, 3.05) is 9.80 Å². The summed E-state index contributed by atoms with van der Waals surface area (Å²) in [5.74, 6) is 0.0596. The highest BCUT2D eigenvalue weighted by Crippen LogP contribution is 2.42. The van der Waals surface area contributed by atoms with Gasteiger partial charge in [0.1, 0.15) is 0 Å². The number of carbonyl (C=O) groups is 2. The largest absolute Gasteiger partial charge is 0.309 e. The molecule has 0 N–H and O–H groups in total. The number of para-hydroxylation sites is 2. The van der Waals surface area contributed by atoms with Crippen molar-refractivity contribution >= 4 is 23.2 Å². The van der Waals surface area contributed by atoms with Gasteiger partial charge in [0, 0.05) is 30.3 Å². The van der Waals surface area contributed by atoms with E-state index in [4.69, 9.17) is 0 Å². The number of nitrogens with zero attached hydrogens (tertiary/aromatic N) is 2. The molecule has 2 aromatic carbocycles. The first-order valence-electron chi connectivity index (χ1n) is 9.18. The average Bonchev–Trinajstić information content (AvgIpc) is 2.62. The number of hydrogen-bond donors (Lipinski definition) is 0. The van der Waals surface area contributed by atoms with Crippen molar-refractivity contribution < 1.29 is 9.59 Å². The van der Waals surface area contributed by atoms with E-state index in [2.05, 4.69) is 6.92 Å². The van der Waals surface area contributed by atoms with Crippen molar-refractivity contribution in [1.82, 2.24) is 0 Å². The third-order valence-corrected chi connectivity index (χ3v) is 4.98. The van der Waals surface area contributed by atoms with Crippen molar-refractivity contribution in [3.63, 3.8) is 0 Å². The molecule has 0 spiro atoms. The molecule has 0 unspecified atom stereocenters. The topological polar surface area (TPSA) is 40.6 Å². The van der Waals surface area contributed by atoms with Crippen molar-refractivity contribution in [3.8, 4) is 0 Å². The van der Waals surface area contributed by atoms with Crippen LogP contribution >= 0.6 is 0 Å². The molecule has 0 fully saturated rings. The fraction of sp³-hybridized carbons (Fsp3) is 0.364. The zero-order chi connectivity index (χ0) is 18.8. The first-order valence-corrected chi connectivity index (χ1v) is 9.18. The summed E-state index contributed by atoms with van der Waals surface area (Å²) >= 11 is 0. The van der Waals surface area contributed by atoms with Crippen LogP contribution in [-0.2, 0) is 9.59 Å². The van der Waals surface area contributed by atoms with Gasteiger partial charge in [-0.3, -0.25) is 9.59 Å². The second-order valence-electron chi connectivity index (χ2n) is 7.25. The van der Waals surface area contributed by atoms with Gasteiger partial charge in [0.05, 0.1) is 6.04 Å². The highest BCUT2D eigenvalue weighted by Gasteiger charge is 2.38. The molecule has 4 nitrogen and oxygen atoms in total. The first-order chi connectivity index (χ1) is 12.4. The minimum atomic E-state index is -0.0858. The van der Waals surface area contributed by atoms with Crippen LogP contribution in [-0.4, -0.2) is 17.9 Å². The summed E-state index contributed by atoms with van der Waals surface area (Å²) in [6, 6.07) is 17.6. The smallest absolute Gasteiger partial charge is 0.229 e. The summed E-state index contributed by atoms with van der Waals surface area (Å²) < 4.78 is 0. The molecule has 0 radical (unpaired) electrons. The van der Waals surface area contributed by atoms with Crippen LogP contribution in [0.2, 0.25) is 0 Å². The molecule has 2 atom stereocenters. The van der Waals surface area contributed by atoms with Gasteiger partial charge in [0.15, 0.2) is 0 Å². The number of amides is 2. The van der Waals surface area contributed by atoms with Crippen LogP contribution in [0, 0.1) is 5.92 Å². The van der Waals surface area contributed by atoms with Crippen LogP contribution in [0.1, 0.15) is 45.7 Å². The molecule has 3 rings (SSSR count). The Morgan fingerprint density at radius 2 is 1.65 bits per heavy atom. The molecule has 2 amide bonds. The van der Waals surface area contributed by atoms with Crippen molar-refractivity contribution in [2.45, 2.75) is 46.2 Å². The molecule has 0 saturated heterocycles. The van der Waals surface area contributed by atoms with E-state index < -0.39 is 0 Å². The van der Waals surface area contributed by atoms with Crippen LogP contribution in [0.5, 0.6) is 0 Å². The number of rotatable bonds is 3. The standard InChI is InChI=1S/C22H26N2O2/c1-15(2)22(26)23-16(3)14-21(19-12-8-9-13-20(19)23)24(17(4)25)18-10-6-5-7-11-18/h5-13,15-16,21H,14H2,1-4H3/t16-,21-/m0/s1. The molecule has 1 aliphatic rings. The molecule has 0 bridgehead atoms. The molecular weight excluding hydrogens is 324 g/mol. The molecule has 1 aliphatic heterocycles. The number of fused-ring (bicyclic) bond motifs is 1. The van der Waals surface area contributed by atoms with Crippen molar-refractivity contribution in [1.29, 1.82) is 0 Å². The van der Waals surface area contributed by atoms with Gasteiger partial charge in [-0.2, -0.15) is 0 Å². The lowest BCUT2D eigenvalue weighted by molar-refractivity contribution is -0.122. The molecule has 0 saturated carbocycles. The van der Waals surface area contributed by atoms with Gasteiger partial charge >= 0.3 is 0 Å². The summed E-state index contributed by atoms with van der Waals surface area (Å²) in [5.41, 5.74) is 2.83. The predicted molar refractivity (Wildman–Crippen MR) is 105 cm³/mol. The maximum atomic E-state index is 12.8. The van der Waals surface area contributed by atoms with E-state index in [1.54, 1.807) is 6.92 Å². The molecule has 2 aromatic rings. The van der Waals surface area contributed by atoms with Crippen molar-refractivity contribution in [3.05, 3.63) is 60.2 Å². The number of anilines is 2. The van der Waals surface area contributed by atoms with E-state index in [0.717, 1.165) is 16.9 Å². The molecule has 1 heterocycles. The van der Waals surface area contributed by atoms with Crippen LogP contribution in [0.3, 0.4) is 0 Å². The summed E-state index contributed by atoms with van der Waals surface area (Å²) in [4.78, 5) is 29.1. The van der Waals surface area contributed by atoms with Gasteiger partial charge in [-0.15, -0.1) is 0 Å². The second-order valence-corrected chi connectivity index (χ2v) is 7.25. The fourth-order valence-corrected chi connectivity index (χ4v) is 3.81. The third kappa shape index (κ3) is 3.24. The van der Waals surface area contributed by atoms with Crippen molar-refractivity contribution in [2.24, 2.45) is 5.92 Å². The van der Waals surface area contributed by atoms with E-state index in [9.17, 15) is 9.59 Å². The van der Waals surface area contributed by atoms with E-state index in [0.29, 0.717) is 6.42 Å². The normalized spacial score (nSPS) is 19.2. The van der Waals surface area contributed by atoms with E-state index in [-0.39, 0.29) is 29.8 Å². The van der Waals surface area contributed by atoms with E-state index >= 15 is 0 Å². The summed E-state index contributed by atoms with van der Waals surface area (Å²) in [7, 11) is 0. The van der Waals surface area contributed by atoms with Gasteiger partial charge in [-0.1, -0.05) is 50.2 Å². The zero-order valence-electron chi connectivity index (χ0n) is 15.8. The average molecular weight is 350 g/mol. The lowest BCUT2D eigenvalue weighted by atomic mass is 9.89. The van der Waals surface area contributed by atoms with Crippen LogP contribution in [0.25, 0.3) is 0 Å². The predicted octanol–water partition coefficient (Wildman–Crippen LogP) is 4.56. The summed E-state index contributed by atoms with van der Waals surface area (Å²) in [6.45, 7) is 7.52.